The number of nitrogens with zero attached hydrogens (tertiary/aromatic N) is 2. The van der Waals surface area contributed by atoms with E-state index in [1.165, 1.54) is 13.1 Å². The van der Waals surface area contributed by atoms with Crippen molar-refractivity contribution in [3.8, 4) is 0 Å². The third kappa shape index (κ3) is 5.15. The lowest BCUT2D eigenvalue weighted by molar-refractivity contribution is -0.114. The highest BCUT2D eigenvalue weighted by Gasteiger charge is 2.06. The lowest BCUT2D eigenvalue weighted by Gasteiger charge is -2.06. The van der Waals surface area contributed by atoms with Gasteiger partial charge in [0.1, 0.15) is 5.71 Å². The standard InChI is InChI=1S/C12H16N4O3/c1-9(16-19)11(17)14-6-3-7-15-12(18)10-4-2-5-13-8-10/h2,4-5,8,19H,3,6-7H2,1H3,(H,14,17)(H,15,18)/b16-9+. The molecule has 7 nitrogen and oxygen atoms in total. The Balaban J connectivity index is 2.18. The fourth-order valence-electron chi connectivity index (χ4n) is 1.26. The van der Waals surface area contributed by atoms with E-state index in [0.29, 0.717) is 25.1 Å². The van der Waals surface area contributed by atoms with Crippen molar-refractivity contribution in [2.45, 2.75) is 13.3 Å². The molecule has 19 heavy (non-hydrogen) atoms. The fraction of sp³-hybridized carbons (Fsp3) is 0.333. The minimum atomic E-state index is -0.430. The zero-order valence-electron chi connectivity index (χ0n) is 10.6. The van der Waals surface area contributed by atoms with Gasteiger partial charge in [-0.15, -0.1) is 0 Å². The van der Waals surface area contributed by atoms with Crippen molar-refractivity contribution in [2.75, 3.05) is 13.1 Å². The minimum Gasteiger partial charge on any atom is -0.410 e. The Morgan fingerprint density at radius 3 is 2.74 bits per heavy atom. The van der Waals surface area contributed by atoms with Crippen LogP contribution in [-0.2, 0) is 4.79 Å². The maximum Gasteiger partial charge on any atom is 0.268 e. The molecule has 1 rings (SSSR count). The van der Waals surface area contributed by atoms with Gasteiger partial charge in [-0.05, 0) is 25.5 Å². The third-order valence-corrected chi connectivity index (χ3v) is 2.33. The molecule has 102 valence electrons. The van der Waals surface area contributed by atoms with Crippen LogP contribution >= 0.6 is 0 Å². The first-order chi connectivity index (χ1) is 9.15. The maximum atomic E-state index is 11.6. The van der Waals surface area contributed by atoms with Crippen molar-refractivity contribution in [3.05, 3.63) is 30.1 Å². The Labute approximate surface area is 110 Å². The number of hydrogen-bond donors (Lipinski definition) is 3. The van der Waals surface area contributed by atoms with Gasteiger partial charge in [-0.1, -0.05) is 5.16 Å². The fourth-order valence-corrected chi connectivity index (χ4v) is 1.26. The molecule has 2 amide bonds. The van der Waals surface area contributed by atoms with Gasteiger partial charge >= 0.3 is 0 Å². The molecule has 0 saturated heterocycles. The van der Waals surface area contributed by atoms with Gasteiger partial charge in [-0.3, -0.25) is 14.6 Å². The molecule has 0 radical (unpaired) electrons. The molecule has 0 aliphatic heterocycles. The first-order valence-corrected chi connectivity index (χ1v) is 5.80. The van der Waals surface area contributed by atoms with Crippen molar-refractivity contribution in [3.63, 3.8) is 0 Å². The molecule has 0 unspecified atom stereocenters. The summed E-state index contributed by atoms with van der Waals surface area (Å²) < 4.78 is 0. The number of nitrogens with one attached hydrogen (secondary N) is 2. The zero-order valence-corrected chi connectivity index (χ0v) is 10.6. The molecule has 0 spiro atoms. The number of amides is 2. The average Bonchev–Trinajstić information content (AvgIpc) is 2.46. The van der Waals surface area contributed by atoms with E-state index in [9.17, 15) is 9.59 Å². The Kier molecular flexibility index (Phi) is 6.00. The lowest BCUT2D eigenvalue weighted by Crippen LogP contribution is -2.33. The smallest absolute Gasteiger partial charge is 0.268 e. The van der Waals surface area contributed by atoms with Crippen LogP contribution in [0, 0.1) is 0 Å². The molecule has 0 aromatic carbocycles. The molecule has 0 aliphatic carbocycles. The van der Waals surface area contributed by atoms with Crippen LogP contribution in [0.3, 0.4) is 0 Å². The molecule has 1 aromatic rings. The summed E-state index contributed by atoms with van der Waals surface area (Å²) in [5, 5.41) is 16.4. The van der Waals surface area contributed by atoms with Crippen LogP contribution in [0.5, 0.6) is 0 Å². The Morgan fingerprint density at radius 1 is 1.37 bits per heavy atom. The van der Waals surface area contributed by atoms with Crippen LogP contribution in [-0.4, -0.2) is 40.8 Å². The summed E-state index contributed by atoms with van der Waals surface area (Å²) in [4.78, 5) is 26.6. The van der Waals surface area contributed by atoms with Crippen LogP contribution in [0.25, 0.3) is 0 Å². The molecule has 1 heterocycles. The number of rotatable bonds is 6. The first-order valence-electron chi connectivity index (χ1n) is 5.80. The zero-order chi connectivity index (χ0) is 14.1. The molecule has 0 fully saturated rings. The Morgan fingerprint density at radius 2 is 2.11 bits per heavy atom. The van der Waals surface area contributed by atoms with E-state index in [4.69, 9.17) is 5.21 Å². The second-order valence-corrected chi connectivity index (χ2v) is 3.79. The minimum absolute atomic E-state index is 0.000560. The first kappa shape index (κ1) is 14.6. The SMILES string of the molecule is C/C(=N\O)C(=O)NCCCNC(=O)c1cccnc1. The number of oxime groups is 1. The topological polar surface area (TPSA) is 104 Å². The van der Waals surface area contributed by atoms with Crippen LogP contribution in [0.2, 0.25) is 0 Å². The van der Waals surface area contributed by atoms with E-state index in [1.807, 2.05) is 0 Å². The van der Waals surface area contributed by atoms with Crippen LogP contribution < -0.4 is 10.6 Å². The van der Waals surface area contributed by atoms with Crippen molar-refractivity contribution >= 4 is 17.5 Å². The van der Waals surface area contributed by atoms with Gasteiger partial charge in [-0.25, -0.2) is 0 Å². The van der Waals surface area contributed by atoms with Gasteiger partial charge < -0.3 is 15.8 Å². The van der Waals surface area contributed by atoms with Crippen molar-refractivity contribution in [1.82, 2.24) is 15.6 Å². The predicted molar refractivity (Wildman–Crippen MR) is 69.1 cm³/mol. The summed E-state index contributed by atoms with van der Waals surface area (Å²) >= 11 is 0. The van der Waals surface area contributed by atoms with E-state index >= 15 is 0 Å². The van der Waals surface area contributed by atoms with Gasteiger partial charge in [-0.2, -0.15) is 0 Å². The summed E-state index contributed by atoms with van der Waals surface area (Å²) in [6.07, 6.45) is 3.66. The van der Waals surface area contributed by atoms with E-state index in [1.54, 1.807) is 18.3 Å². The summed E-state index contributed by atoms with van der Waals surface area (Å²) in [5.41, 5.74) is 0.495. The largest absolute Gasteiger partial charge is 0.410 e. The summed E-state index contributed by atoms with van der Waals surface area (Å²) in [6.45, 7) is 2.22. The lowest BCUT2D eigenvalue weighted by atomic mass is 10.2. The molecule has 7 heteroatoms. The normalized spacial score (nSPS) is 10.9. The molecule has 0 saturated carbocycles. The number of pyridine rings is 1. The molecule has 0 aliphatic rings. The molecule has 3 N–H and O–H groups in total. The maximum absolute atomic E-state index is 11.6. The van der Waals surface area contributed by atoms with E-state index in [0.717, 1.165) is 0 Å². The molecular weight excluding hydrogens is 248 g/mol. The quantitative estimate of drug-likeness (QED) is 0.295. The second kappa shape index (κ2) is 7.80. The number of aromatic nitrogens is 1. The molecule has 0 bridgehead atoms. The highest BCUT2D eigenvalue weighted by molar-refractivity contribution is 6.37. The van der Waals surface area contributed by atoms with Gasteiger partial charge in [0, 0.05) is 25.5 Å². The predicted octanol–water partition coefficient (Wildman–Crippen LogP) is 0.168. The summed E-state index contributed by atoms with van der Waals surface area (Å²) in [6, 6.07) is 3.36. The number of carbonyl (C=O) groups excluding carboxylic acids is 2. The van der Waals surface area contributed by atoms with Crippen molar-refractivity contribution < 1.29 is 14.8 Å². The monoisotopic (exact) mass is 264 g/mol. The molecule has 0 atom stereocenters. The van der Waals surface area contributed by atoms with Crippen LogP contribution in [0.15, 0.2) is 29.7 Å². The van der Waals surface area contributed by atoms with Gasteiger partial charge in [0.15, 0.2) is 0 Å². The van der Waals surface area contributed by atoms with Crippen molar-refractivity contribution in [2.24, 2.45) is 5.16 Å². The highest BCUT2D eigenvalue weighted by Crippen LogP contribution is 1.94. The molecule has 1 aromatic heterocycles. The van der Waals surface area contributed by atoms with Gasteiger partial charge in [0.25, 0.3) is 11.8 Å². The second-order valence-electron chi connectivity index (χ2n) is 3.79. The van der Waals surface area contributed by atoms with Crippen LogP contribution in [0.4, 0.5) is 0 Å². The van der Waals surface area contributed by atoms with Gasteiger partial charge in [0.05, 0.1) is 5.56 Å². The van der Waals surface area contributed by atoms with E-state index in [-0.39, 0.29) is 11.6 Å². The molecular formula is C12H16N4O3. The Hall–Kier alpha value is -2.44. The van der Waals surface area contributed by atoms with Crippen LogP contribution in [0.1, 0.15) is 23.7 Å². The van der Waals surface area contributed by atoms with E-state index < -0.39 is 5.91 Å². The van der Waals surface area contributed by atoms with E-state index in [2.05, 4.69) is 20.8 Å². The summed E-state index contributed by atoms with van der Waals surface area (Å²) in [5.74, 6) is -0.631. The third-order valence-electron chi connectivity index (χ3n) is 2.33. The van der Waals surface area contributed by atoms with Crippen molar-refractivity contribution in [1.29, 1.82) is 0 Å². The summed E-state index contributed by atoms with van der Waals surface area (Å²) in [7, 11) is 0. The highest BCUT2D eigenvalue weighted by atomic mass is 16.4. The average molecular weight is 264 g/mol. The number of carbonyl (C=O) groups is 2. The van der Waals surface area contributed by atoms with Gasteiger partial charge in [0.2, 0.25) is 0 Å². The number of hydrogen-bond acceptors (Lipinski definition) is 5. The Bertz CT molecular complexity index is 459.